The highest BCUT2D eigenvalue weighted by molar-refractivity contribution is 5.94. The summed E-state index contributed by atoms with van der Waals surface area (Å²) in [6, 6.07) is 11.3. The van der Waals surface area contributed by atoms with Gasteiger partial charge >= 0.3 is 0 Å². The highest BCUT2D eigenvalue weighted by atomic mass is 19.1. The Labute approximate surface area is 129 Å². The zero-order valence-corrected chi connectivity index (χ0v) is 12.8. The summed E-state index contributed by atoms with van der Waals surface area (Å²) >= 11 is 0. The minimum atomic E-state index is -0.722. The summed E-state index contributed by atoms with van der Waals surface area (Å²) in [5.74, 6) is -0.492. The van der Waals surface area contributed by atoms with Gasteiger partial charge in [-0.2, -0.15) is 0 Å². The van der Waals surface area contributed by atoms with Gasteiger partial charge < -0.3 is 10.4 Å². The number of hydrogen-bond donors (Lipinski definition) is 2. The molecule has 0 aliphatic rings. The Hall–Kier alpha value is -2.20. The van der Waals surface area contributed by atoms with Crippen molar-refractivity contribution in [2.24, 2.45) is 0 Å². The largest absolute Gasteiger partial charge is 0.388 e. The molecule has 0 heterocycles. The zero-order valence-electron chi connectivity index (χ0n) is 12.8. The van der Waals surface area contributed by atoms with Crippen LogP contribution in [-0.4, -0.2) is 17.6 Å². The molecule has 2 aromatic carbocycles. The molecule has 1 atom stereocenters. The predicted octanol–water partition coefficient (Wildman–Crippen LogP) is 3.30. The third-order valence-corrected chi connectivity index (χ3v) is 3.73. The third kappa shape index (κ3) is 4.15. The van der Waals surface area contributed by atoms with Crippen LogP contribution in [0.5, 0.6) is 0 Å². The maximum atomic E-state index is 12.8. The first-order chi connectivity index (χ1) is 10.5. The molecule has 1 unspecified atom stereocenters. The first-order valence-electron chi connectivity index (χ1n) is 7.26. The van der Waals surface area contributed by atoms with Gasteiger partial charge in [-0.3, -0.25) is 4.79 Å². The van der Waals surface area contributed by atoms with Crippen LogP contribution in [0, 0.1) is 19.7 Å². The Morgan fingerprint density at radius 2 is 1.82 bits per heavy atom. The monoisotopic (exact) mass is 301 g/mol. The van der Waals surface area contributed by atoms with E-state index in [2.05, 4.69) is 5.32 Å². The van der Waals surface area contributed by atoms with Gasteiger partial charge in [-0.1, -0.05) is 18.2 Å². The third-order valence-electron chi connectivity index (χ3n) is 3.73. The lowest BCUT2D eigenvalue weighted by molar-refractivity contribution is 0.0942. The van der Waals surface area contributed by atoms with Crippen molar-refractivity contribution >= 4 is 5.91 Å². The van der Waals surface area contributed by atoms with E-state index >= 15 is 0 Å². The van der Waals surface area contributed by atoms with Crippen LogP contribution < -0.4 is 5.32 Å². The fraction of sp³-hybridized carbons (Fsp3) is 0.278. The van der Waals surface area contributed by atoms with E-state index in [1.54, 1.807) is 18.2 Å². The molecule has 0 saturated carbocycles. The molecule has 2 rings (SSSR count). The van der Waals surface area contributed by atoms with Gasteiger partial charge in [0.15, 0.2) is 0 Å². The lowest BCUT2D eigenvalue weighted by atomic mass is 10.1. The van der Waals surface area contributed by atoms with E-state index in [4.69, 9.17) is 0 Å². The van der Waals surface area contributed by atoms with Gasteiger partial charge in [0.05, 0.1) is 6.10 Å². The number of rotatable bonds is 5. The number of benzene rings is 2. The Bertz CT molecular complexity index is 653. The van der Waals surface area contributed by atoms with Crippen molar-refractivity contribution in [3.05, 3.63) is 70.5 Å². The molecule has 0 saturated heterocycles. The average molecular weight is 301 g/mol. The van der Waals surface area contributed by atoms with E-state index in [0.717, 1.165) is 11.1 Å². The van der Waals surface area contributed by atoms with E-state index < -0.39 is 6.10 Å². The minimum absolute atomic E-state index is 0.158. The molecule has 22 heavy (non-hydrogen) atoms. The summed E-state index contributed by atoms with van der Waals surface area (Å²) < 4.78 is 12.8. The number of hydrogen-bond acceptors (Lipinski definition) is 2. The highest BCUT2D eigenvalue weighted by Gasteiger charge is 2.10. The van der Waals surface area contributed by atoms with Gasteiger partial charge in [0.25, 0.3) is 5.91 Å². The second kappa shape index (κ2) is 7.18. The summed E-state index contributed by atoms with van der Waals surface area (Å²) in [6.45, 7) is 4.31. The predicted molar refractivity (Wildman–Crippen MR) is 84.2 cm³/mol. The van der Waals surface area contributed by atoms with Crippen molar-refractivity contribution < 1.29 is 14.3 Å². The number of amides is 1. The smallest absolute Gasteiger partial charge is 0.251 e. The van der Waals surface area contributed by atoms with E-state index in [0.29, 0.717) is 24.1 Å². The van der Waals surface area contributed by atoms with Gasteiger partial charge in [0, 0.05) is 12.1 Å². The summed E-state index contributed by atoms with van der Waals surface area (Å²) in [5.41, 5.74) is 3.46. The van der Waals surface area contributed by atoms with Crippen molar-refractivity contribution in [2.75, 3.05) is 6.54 Å². The molecule has 0 spiro atoms. The van der Waals surface area contributed by atoms with Crippen molar-refractivity contribution in [1.29, 1.82) is 0 Å². The Morgan fingerprint density at radius 1 is 1.14 bits per heavy atom. The van der Waals surface area contributed by atoms with Crippen molar-refractivity contribution in [1.82, 2.24) is 5.32 Å². The molecular formula is C18H20FNO2. The molecule has 0 aromatic heterocycles. The van der Waals surface area contributed by atoms with Gasteiger partial charge in [-0.15, -0.1) is 0 Å². The van der Waals surface area contributed by atoms with Crippen molar-refractivity contribution in [2.45, 2.75) is 26.4 Å². The summed E-state index contributed by atoms with van der Waals surface area (Å²) in [6.07, 6.45) is -0.344. The summed E-state index contributed by atoms with van der Waals surface area (Å²) in [5, 5.41) is 12.8. The maximum Gasteiger partial charge on any atom is 0.251 e. The second-order valence-electron chi connectivity index (χ2n) is 5.41. The Kier molecular flexibility index (Phi) is 5.28. The van der Waals surface area contributed by atoms with Crippen LogP contribution in [-0.2, 0) is 0 Å². The molecule has 0 bridgehead atoms. The molecule has 2 N–H and O–H groups in total. The van der Waals surface area contributed by atoms with Crippen LogP contribution in [0.2, 0.25) is 0 Å². The number of carbonyl (C=O) groups excluding carboxylic acids is 1. The molecule has 0 aliphatic carbocycles. The molecule has 116 valence electrons. The Morgan fingerprint density at radius 3 is 2.45 bits per heavy atom. The number of aliphatic hydroxyl groups is 1. The molecule has 1 amide bonds. The average Bonchev–Trinajstić information content (AvgIpc) is 2.50. The van der Waals surface area contributed by atoms with Crippen LogP contribution >= 0.6 is 0 Å². The topological polar surface area (TPSA) is 49.3 Å². The first kappa shape index (κ1) is 16.2. The lowest BCUT2D eigenvalue weighted by Crippen LogP contribution is -2.25. The molecule has 0 radical (unpaired) electrons. The quantitative estimate of drug-likeness (QED) is 0.890. The van der Waals surface area contributed by atoms with Crippen LogP contribution in [0.3, 0.4) is 0 Å². The standard InChI is InChI=1S/C18H20FNO2/c1-12-3-4-15(11-13(12)2)18(22)20-10-9-17(21)14-5-7-16(19)8-6-14/h3-8,11,17,21H,9-10H2,1-2H3,(H,20,22). The van der Waals surface area contributed by atoms with Gasteiger partial charge in [0.1, 0.15) is 5.82 Å². The van der Waals surface area contributed by atoms with E-state index in [9.17, 15) is 14.3 Å². The van der Waals surface area contributed by atoms with E-state index in [1.165, 1.54) is 12.1 Å². The number of nitrogens with one attached hydrogen (secondary N) is 1. The minimum Gasteiger partial charge on any atom is -0.388 e. The van der Waals surface area contributed by atoms with Gasteiger partial charge in [-0.25, -0.2) is 4.39 Å². The van der Waals surface area contributed by atoms with Crippen LogP contribution in [0.25, 0.3) is 0 Å². The second-order valence-corrected chi connectivity index (χ2v) is 5.41. The Balaban J connectivity index is 1.86. The summed E-state index contributed by atoms with van der Waals surface area (Å²) in [4.78, 5) is 12.0. The number of aryl methyl sites for hydroxylation is 2. The molecule has 3 nitrogen and oxygen atoms in total. The molecular weight excluding hydrogens is 281 g/mol. The molecule has 4 heteroatoms. The van der Waals surface area contributed by atoms with Crippen LogP contribution in [0.15, 0.2) is 42.5 Å². The molecule has 2 aromatic rings. The first-order valence-corrected chi connectivity index (χ1v) is 7.26. The van der Waals surface area contributed by atoms with Crippen LogP contribution in [0.4, 0.5) is 4.39 Å². The normalized spacial score (nSPS) is 12.0. The lowest BCUT2D eigenvalue weighted by Gasteiger charge is -2.12. The number of carbonyl (C=O) groups is 1. The zero-order chi connectivity index (χ0) is 16.1. The summed E-state index contributed by atoms with van der Waals surface area (Å²) in [7, 11) is 0. The van der Waals surface area contributed by atoms with Gasteiger partial charge in [-0.05, 0) is 61.2 Å². The van der Waals surface area contributed by atoms with E-state index in [-0.39, 0.29) is 11.7 Å². The van der Waals surface area contributed by atoms with Gasteiger partial charge in [0.2, 0.25) is 0 Å². The SMILES string of the molecule is Cc1ccc(C(=O)NCCC(O)c2ccc(F)cc2)cc1C. The number of aliphatic hydroxyl groups excluding tert-OH is 1. The van der Waals surface area contributed by atoms with E-state index in [1.807, 2.05) is 26.0 Å². The van der Waals surface area contributed by atoms with Crippen molar-refractivity contribution in [3.8, 4) is 0 Å². The molecule has 0 fully saturated rings. The van der Waals surface area contributed by atoms with Crippen LogP contribution in [0.1, 0.15) is 39.6 Å². The number of halogens is 1. The fourth-order valence-corrected chi connectivity index (χ4v) is 2.16. The van der Waals surface area contributed by atoms with Crippen molar-refractivity contribution in [3.63, 3.8) is 0 Å². The fourth-order valence-electron chi connectivity index (χ4n) is 2.16. The molecule has 0 aliphatic heterocycles. The maximum absolute atomic E-state index is 12.8. The highest BCUT2D eigenvalue weighted by Crippen LogP contribution is 2.16.